The molecule has 0 spiro atoms. The summed E-state index contributed by atoms with van der Waals surface area (Å²) in [6.45, 7) is 6.61. The predicted octanol–water partition coefficient (Wildman–Crippen LogP) is 2.46. The van der Waals surface area contributed by atoms with Gasteiger partial charge >= 0.3 is 0 Å². The van der Waals surface area contributed by atoms with Crippen LogP contribution in [0.3, 0.4) is 0 Å². The van der Waals surface area contributed by atoms with Crippen LogP contribution in [0.25, 0.3) is 0 Å². The van der Waals surface area contributed by atoms with Crippen LogP contribution in [0.1, 0.15) is 35.1 Å². The summed E-state index contributed by atoms with van der Waals surface area (Å²) >= 11 is 0. The number of ether oxygens (including phenoxy) is 2. The lowest BCUT2D eigenvalue weighted by molar-refractivity contribution is -0.972. The highest BCUT2D eigenvalue weighted by Crippen LogP contribution is 2.28. The smallest absolute Gasteiger partial charge is 0.162 e. The molecule has 1 saturated heterocycles. The van der Waals surface area contributed by atoms with Crippen LogP contribution < -0.4 is 19.3 Å². The lowest BCUT2D eigenvalue weighted by Crippen LogP contribution is -3.20. The molecule has 172 valence electrons. The number of hydrogen-bond acceptors (Lipinski definition) is 2. The fourth-order valence-electron chi connectivity index (χ4n) is 5.53. The topological polar surface area (TPSA) is 27.3 Å². The van der Waals surface area contributed by atoms with Gasteiger partial charge in [-0.2, -0.15) is 0 Å². The Balaban J connectivity index is 1.16. The van der Waals surface area contributed by atoms with Crippen LogP contribution >= 0.6 is 0 Å². The summed E-state index contributed by atoms with van der Waals surface area (Å²) in [6, 6.07) is 26.6. The molecule has 1 unspecified atom stereocenters. The molecule has 5 rings (SSSR count). The maximum atomic E-state index is 6.13. The van der Waals surface area contributed by atoms with Crippen molar-refractivity contribution in [1.29, 1.82) is 0 Å². The highest BCUT2D eigenvalue weighted by molar-refractivity contribution is 5.43. The van der Waals surface area contributed by atoms with Crippen molar-refractivity contribution in [1.82, 2.24) is 0 Å². The maximum Gasteiger partial charge on any atom is 0.162 e. The van der Waals surface area contributed by atoms with Crippen LogP contribution in [0, 0.1) is 0 Å². The van der Waals surface area contributed by atoms with Gasteiger partial charge in [-0.05, 0) is 29.3 Å². The third-order valence-corrected chi connectivity index (χ3v) is 7.44. The zero-order valence-corrected chi connectivity index (χ0v) is 19.7. The number of benzene rings is 3. The minimum Gasteiger partial charge on any atom is -0.493 e. The Morgan fingerprint density at radius 1 is 0.788 bits per heavy atom. The molecule has 4 nitrogen and oxygen atoms in total. The molecule has 33 heavy (non-hydrogen) atoms. The molecule has 1 fully saturated rings. The Morgan fingerprint density at radius 3 is 2.33 bits per heavy atom. The van der Waals surface area contributed by atoms with Gasteiger partial charge in [0.1, 0.15) is 19.7 Å². The SMILES string of the molecule is COc1ccc(C[NH+]2CCC([NH+]3CCc4ccccc4C3)CC2)cc1OCc1ccccc1. The van der Waals surface area contributed by atoms with E-state index < -0.39 is 0 Å². The fourth-order valence-corrected chi connectivity index (χ4v) is 5.53. The molecule has 2 aliphatic heterocycles. The number of likely N-dealkylation sites (tertiary alicyclic amines) is 1. The molecule has 0 amide bonds. The standard InChI is InChI=1S/C29H34N2O2/c1-32-28-12-11-24(19-29(28)33-22-23-7-3-2-4-8-23)20-30-16-14-27(15-17-30)31-18-13-25-9-5-6-10-26(25)21-31/h2-12,19,27H,13-18,20-22H2,1H3/p+2. The molecular weight excluding hydrogens is 408 g/mol. The Bertz CT molecular complexity index is 1040. The van der Waals surface area contributed by atoms with Crippen LogP contribution in [0.2, 0.25) is 0 Å². The quantitative estimate of drug-likeness (QED) is 0.586. The van der Waals surface area contributed by atoms with Gasteiger partial charge in [-0.15, -0.1) is 0 Å². The maximum absolute atomic E-state index is 6.13. The first-order chi connectivity index (χ1) is 16.3. The summed E-state index contributed by atoms with van der Waals surface area (Å²) in [5, 5.41) is 0. The Hall–Kier alpha value is -2.82. The molecule has 0 radical (unpaired) electrons. The van der Waals surface area contributed by atoms with E-state index in [0.717, 1.165) is 24.1 Å². The fraction of sp³-hybridized carbons (Fsp3) is 0.379. The van der Waals surface area contributed by atoms with Gasteiger partial charge in [0.05, 0.1) is 32.8 Å². The lowest BCUT2D eigenvalue weighted by atomic mass is 9.95. The average molecular weight is 445 g/mol. The van der Waals surface area contributed by atoms with Gasteiger partial charge in [0.15, 0.2) is 11.5 Å². The summed E-state index contributed by atoms with van der Waals surface area (Å²) in [5.41, 5.74) is 5.62. The van der Waals surface area contributed by atoms with Gasteiger partial charge in [-0.1, -0.05) is 54.6 Å². The third kappa shape index (κ3) is 5.40. The second-order valence-corrected chi connectivity index (χ2v) is 9.56. The number of hydrogen-bond donors (Lipinski definition) is 2. The van der Waals surface area contributed by atoms with Crippen molar-refractivity contribution in [2.75, 3.05) is 26.7 Å². The van der Waals surface area contributed by atoms with E-state index in [4.69, 9.17) is 9.47 Å². The highest BCUT2D eigenvalue weighted by Gasteiger charge is 2.32. The Kier molecular flexibility index (Phi) is 6.94. The van der Waals surface area contributed by atoms with Crippen molar-refractivity contribution in [3.8, 4) is 11.5 Å². The van der Waals surface area contributed by atoms with E-state index in [2.05, 4.69) is 54.6 Å². The number of piperidine rings is 1. The minimum absolute atomic E-state index is 0.556. The van der Waals surface area contributed by atoms with E-state index in [-0.39, 0.29) is 0 Å². The molecular formula is C29H36N2O2+2. The molecule has 0 aromatic heterocycles. The number of quaternary nitrogens is 2. The zero-order valence-electron chi connectivity index (χ0n) is 19.7. The van der Waals surface area contributed by atoms with E-state index in [1.165, 1.54) is 56.6 Å². The van der Waals surface area contributed by atoms with Crippen molar-refractivity contribution >= 4 is 0 Å². The molecule has 1 atom stereocenters. The minimum atomic E-state index is 0.556. The Morgan fingerprint density at radius 2 is 1.55 bits per heavy atom. The number of nitrogens with one attached hydrogen (secondary N) is 2. The van der Waals surface area contributed by atoms with E-state index in [9.17, 15) is 0 Å². The lowest BCUT2D eigenvalue weighted by Gasteiger charge is -2.36. The van der Waals surface area contributed by atoms with E-state index in [1.807, 2.05) is 18.2 Å². The van der Waals surface area contributed by atoms with Crippen LogP contribution in [-0.4, -0.2) is 32.8 Å². The number of fused-ring (bicyclic) bond motifs is 1. The average Bonchev–Trinajstić information content (AvgIpc) is 2.88. The summed E-state index contributed by atoms with van der Waals surface area (Å²) in [6.07, 6.45) is 3.87. The van der Waals surface area contributed by atoms with Gasteiger partial charge in [-0.3, -0.25) is 0 Å². The van der Waals surface area contributed by atoms with Gasteiger partial charge < -0.3 is 19.3 Å². The molecule has 0 bridgehead atoms. The van der Waals surface area contributed by atoms with Crippen LogP contribution in [0.5, 0.6) is 11.5 Å². The van der Waals surface area contributed by atoms with Gasteiger partial charge in [0.2, 0.25) is 0 Å². The van der Waals surface area contributed by atoms with E-state index in [1.54, 1.807) is 28.0 Å². The molecule has 3 aromatic rings. The Labute approximate surface area is 197 Å². The van der Waals surface area contributed by atoms with Crippen molar-refractivity contribution < 1.29 is 19.3 Å². The van der Waals surface area contributed by atoms with Gasteiger partial charge in [-0.25, -0.2) is 0 Å². The van der Waals surface area contributed by atoms with Crippen LogP contribution in [0.4, 0.5) is 0 Å². The number of rotatable bonds is 7. The molecule has 2 aliphatic rings. The van der Waals surface area contributed by atoms with Crippen LogP contribution in [-0.2, 0) is 26.1 Å². The highest BCUT2D eigenvalue weighted by atomic mass is 16.5. The molecule has 0 aliphatic carbocycles. The third-order valence-electron chi connectivity index (χ3n) is 7.44. The first-order valence-corrected chi connectivity index (χ1v) is 12.4. The van der Waals surface area contributed by atoms with Crippen molar-refractivity contribution in [3.05, 3.63) is 95.1 Å². The molecule has 2 heterocycles. The zero-order chi connectivity index (χ0) is 22.5. The van der Waals surface area contributed by atoms with E-state index >= 15 is 0 Å². The normalized spacial score (nSPS) is 22.4. The second-order valence-electron chi connectivity index (χ2n) is 9.56. The largest absolute Gasteiger partial charge is 0.493 e. The van der Waals surface area contributed by atoms with Crippen molar-refractivity contribution in [2.45, 2.75) is 45.0 Å². The summed E-state index contributed by atoms with van der Waals surface area (Å²) < 4.78 is 11.7. The molecule has 2 N–H and O–H groups in total. The molecule has 0 saturated carbocycles. The second kappa shape index (κ2) is 10.4. The number of methoxy groups -OCH3 is 1. The van der Waals surface area contributed by atoms with E-state index in [0.29, 0.717) is 6.61 Å². The van der Waals surface area contributed by atoms with Crippen molar-refractivity contribution in [3.63, 3.8) is 0 Å². The van der Waals surface area contributed by atoms with Gasteiger partial charge in [0, 0.05) is 30.4 Å². The summed E-state index contributed by atoms with van der Waals surface area (Å²) in [4.78, 5) is 3.48. The molecule has 3 aromatic carbocycles. The first-order valence-electron chi connectivity index (χ1n) is 12.4. The van der Waals surface area contributed by atoms with Crippen molar-refractivity contribution in [2.24, 2.45) is 0 Å². The monoisotopic (exact) mass is 444 g/mol. The van der Waals surface area contributed by atoms with Crippen LogP contribution in [0.15, 0.2) is 72.8 Å². The summed E-state index contributed by atoms with van der Waals surface area (Å²) in [5.74, 6) is 1.64. The summed E-state index contributed by atoms with van der Waals surface area (Å²) in [7, 11) is 1.71. The predicted molar refractivity (Wildman–Crippen MR) is 131 cm³/mol. The first kappa shape index (κ1) is 22.0. The molecule has 4 heteroatoms. The van der Waals surface area contributed by atoms with Gasteiger partial charge in [0.25, 0.3) is 0 Å².